The molecule has 0 saturated carbocycles. The fraction of sp³-hybridized carbons (Fsp3) is 0.818. The normalized spacial score (nSPS) is 19.4. The molecule has 1 aromatic heterocycles. The molecule has 1 aliphatic rings. The van der Waals surface area contributed by atoms with Gasteiger partial charge in [0.2, 0.25) is 5.89 Å². The fourth-order valence-electron chi connectivity index (χ4n) is 1.62. The van der Waals surface area contributed by atoms with E-state index in [0.717, 1.165) is 13.1 Å². The molecule has 96 valence electrons. The Morgan fingerprint density at radius 1 is 1.29 bits per heavy atom. The topological polar surface area (TPSA) is 77.4 Å². The number of nitrogens with zero attached hydrogens (tertiary/aromatic N) is 3. The first-order chi connectivity index (χ1) is 7.98. The van der Waals surface area contributed by atoms with E-state index < -0.39 is 0 Å². The molecule has 0 aliphatic carbocycles. The summed E-state index contributed by atoms with van der Waals surface area (Å²) in [7, 11) is 0. The number of rotatable bonds is 2. The van der Waals surface area contributed by atoms with E-state index in [9.17, 15) is 0 Å². The fourth-order valence-corrected chi connectivity index (χ4v) is 1.62. The van der Waals surface area contributed by atoms with Crippen molar-refractivity contribution in [3.63, 3.8) is 0 Å². The van der Waals surface area contributed by atoms with Gasteiger partial charge in [-0.3, -0.25) is 0 Å². The van der Waals surface area contributed by atoms with Gasteiger partial charge in [0.05, 0.1) is 19.3 Å². The van der Waals surface area contributed by atoms with E-state index in [4.69, 9.17) is 15.0 Å². The predicted octanol–water partition coefficient (Wildman–Crippen LogP) is 0.952. The van der Waals surface area contributed by atoms with Gasteiger partial charge >= 0.3 is 0 Å². The van der Waals surface area contributed by atoms with Crippen LogP contribution in [-0.4, -0.2) is 36.4 Å². The average molecular weight is 240 g/mol. The van der Waals surface area contributed by atoms with Crippen LogP contribution in [0.1, 0.15) is 32.7 Å². The molecule has 0 amide bonds. The summed E-state index contributed by atoms with van der Waals surface area (Å²) in [5.74, 6) is 1.11. The van der Waals surface area contributed by atoms with Crippen LogP contribution in [0.3, 0.4) is 0 Å². The number of hydrogen-bond acceptors (Lipinski definition) is 6. The van der Waals surface area contributed by atoms with E-state index in [1.807, 2.05) is 4.90 Å². The maximum Gasteiger partial charge on any atom is 0.266 e. The summed E-state index contributed by atoms with van der Waals surface area (Å²) in [6.07, 6.45) is 0. The first-order valence-corrected chi connectivity index (χ1v) is 5.90. The highest BCUT2D eigenvalue weighted by molar-refractivity contribution is 5.28. The van der Waals surface area contributed by atoms with Crippen LogP contribution in [0.15, 0.2) is 4.52 Å². The summed E-state index contributed by atoms with van der Waals surface area (Å²) in [5, 5.41) is 3.98. The minimum absolute atomic E-state index is 0.0885. The van der Waals surface area contributed by atoms with Crippen molar-refractivity contribution in [2.24, 2.45) is 11.1 Å². The molecule has 2 N–H and O–H groups in total. The van der Waals surface area contributed by atoms with Crippen LogP contribution in [0.2, 0.25) is 0 Å². The third kappa shape index (κ3) is 2.76. The number of nitrogens with two attached hydrogens (primary N) is 1. The Morgan fingerprint density at radius 2 is 1.94 bits per heavy atom. The second kappa shape index (κ2) is 4.62. The standard InChI is InChI=1S/C11H20N4O2/c1-11(2,3)8(12)9-13-10(14-17-9)15-4-6-16-7-5-15/h8H,4-7,12H2,1-3H3. The SMILES string of the molecule is CC(C)(C)C(N)c1nc(N2CCOCC2)no1. The molecular formula is C11H20N4O2. The van der Waals surface area contributed by atoms with Gasteiger partial charge in [-0.05, 0) is 10.6 Å². The molecule has 2 rings (SSSR count). The van der Waals surface area contributed by atoms with Crippen LogP contribution in [0.4, 0.5) is 5.95 Å². The van der Waals surface area contributed by atoms with Gasteiger partial charge in [-0.25, -0.2) is 0 Å². The molecule has 0 radical (unpaired) electrons. The molecule has 6 nitrogen and oxygen atoms in total. The van der Waals surface area contributed by atoms with Gasteiger partial charge in [0.1, 0.15) is 0 Å². The van der Waals surface area contributed by atoms with Gasteiger partial charge in [-0.15, -0.1) is 0 Å². The molecule has 1 fully saturated rings. The number of aromatic nitrogens is 2. The van der Waals surface area contributed by atoms with Gasteiger partial charge in [-0.1, -0.05) is 20.8 Å². The summed E-state index contributed by atoms with van der Waals surface area (Å²) in [5.41, 5.74) is 5.99. The van der Waals surface area contributed by atoms with Gasteiger partial charge in [0, 0.05) is 13.1 Å². The van der Waals surface area contributed by atoms with Gasteiger partial charge in [0.15, 0.2) is 0 Å². The minimum Gasteiger partial charge on any atom is -0.378 e. The lowest BCUT2D eigenvalue weighted by Crippen LogP contribution is -2.37. The highest BCUT2D eigenvalue weighted by atomic mass is 16.5. The van der Waals surface area contributed by atoms with Crippen molar-refractivity contribution in [3.8, 4) is 0 Å². The van der Waals surface area contributed by atoms with Gasteiger partial charge in [-0.2, -0.15) is 4.98 Å². The summed E-state index contributed by atoms with van der Waals surface area (Å²) < 4.78 is 10.5. The molecular weight excluding hydrogens is 220 g/mol. The second-order valence-electron chi connectivity index (χ2n) is 5.38. The monoisotopic (exact) mass is 240 g/mol. The Labute approximate surface area is 101 Å². The largest absolute Gasteiger partial charge is 0.378 e. The molecule has 0 spiro atoms. The molecule has 17 heavy (non-hydrogen) atoms. The molecule has 6 heteroatoms. The van der Waals surface area contributed by atoms with Crippen LogP contribution in [-0.2, 0) is 4.74 Å². The van der Waals surface area contributed by atoms with Crippen LogP contribution < -0.4 is 10.6 Å². The molecule has 1 aromatic rings. The van der Waals surface area contributed by atoms with E-state index in [1.165, 1.54) is 0 Å². The van der Waals surface area contributed by atoms with E-state index in [-0.39, 0.29) is 11.5 Å². The molecule has 2 heterocycles. The lowest BCUT2D eigenvalue weighted by Gasteiger charge is -2.25. The summed E-state index contributed by atoms with van der Waals surface area (Å²) in [6, 6.07) is -0.246. The van der Waals surface area contributed by atoms with Gasteiger partial charge in [0.25, 0.3) is 5.95 Å². The number of ether oxygens (including phenoxy) is 1. The summed E-state index contributed by atoms with van der Waals surface area (Å²) >= 11 is 0. The number of anilines is 1. The first kappa shape index (κ1) is 12.3. The highest BCUT2D eigenvalue weighted by Gasteiger charge is 2.28. The van der Waals surface area contributed by atoms with Crippen molar-refractivity contribution in [1.82, 2.24) is 10.1 Å². The van der Waals surface area contributed by atoms with Crippen molar-refractivity contribution >= 4 is 5.95 Å². The van der Waals surface area contributed by atoms with E-state index in [1.54, 1.807) is 0 Å². The van der Waals surface area contributed by atoms with Gasteiger partial charge < -0.3 is 19.9 Å². The van der Waals surface area contributed by atoms with Crippen molar-refractivity contribution < 1.29 is 9.26 Å². The third-order valence-electron chi connectivity index (χ3n) is 2.92. The Hall–Kier alpha value is -1.14. The zero-order valence-corrected chi connectivity index (χ0v) is 10.6. The number of hydrogen-bond donors (Lipinski definition) is 1. The minimum atomic E-state index is -0.246. The van der Waals surface area contributed by atoms with E-state index in [0.29, 0.717) is 25.1 Å². The zero-order valence-electron chi connectivity index (χ0n) is 10.6. The highest BCUT2D eigenvalue weighted by Crippen LogP contribution is 2.30. The summed E-state index contributed by atoms with van der Waals surface area (Å²) in [4.78, 5) is 6.42. The third-order valence-corrected chi connectivity index (χ3v) is 2.92. The van der Waals surface area contributed by atoms with Crippen LogP contribution in [0.25, 0.3) is 0 Å². The number of morpholine rings is 1. The second-order valence-corrected chi connectivity index (χ2v) is 5.38. The maximum absolute atomic E-state index is 6.08. The molecule has 1 aliphatic heterocycles. The first-order valence-electron chi connectivity index (χ1n) is 5.90. The molecule has 1 unspecified atom stereocenters. The average Bonchev–Trinajstić information content (AvgIpc) is 2.77. The van der Waals surface area contributed by atoms with Crippen LogP contribution in [0.5, 0.6) is 0 Å². The van der Waals surface area contributed by atoms with Crippen molar-refractivity contribution in [2.45, 2.75) is 26.8 Å². The molecule has 0 aromatic carbocycles. The maximum atomic E-state index is 6.08. The van der Waals surface area contributed by atoms with Crippen LogP contribution >= 0.6 is 0 Å². The summed E-state index contributed by atoms with van der Waals surface area (Å²) in [6.45, 7) is 9.15. The van der Waals surface area contributed by atoms with E-state index in [2.05, 4.69) is 30.9 Å². The predicted molar refractivity (Wildman–Crippen MR) is 63.7 cm³/mol. The molecule has 1 saturated heterocycles. The smallest absolute Gasteiger partial charge is 0.266 e. The quantitative estimate of drug-likeness (QED) is 0.829. The van der Waals surface area contributed by atoms with Crippen molar-refractivity contribution in [3.05, 3.63) is 5.89 Å². The van der Waals surface area contributed by atoms with Crippen LogP contribution in [0, 0.1) is 5.41 Å². The van der Waals surface area contributed by atoms with E-state index >= 15 is 0 Å². The van der Waals surface area contributed by atoms with Crippen molar-refractivity contribution in [2.75, 3.05) is 31.2 Å². The molecule has 1 atom stereocenters. The Bertz CT molecular complexity index is 366. The van der Waals surface area contributed by atoms with Crippen molar-refractivity contribution in [1.29, 1.82) is 0 Å². The lowest BCUT2D eigenvalue weighted by atomic mass is 9.87. The zero-order chi connectivity index (χ0) is 12.5. The Balaban J connectivity index is 2.10. The lowest BCUT2D eigenvalue weighted by molar-refractivity contribution is 0.121. The molecule has 0 bridgehead atoms. The Kier molecular flexibility index (Phi) is 3.35. The Morgan fingerprint density at radius 3 is 2.53 bits per heavy atom.